The van der Waals surface area contributed by atoms with Crippen LogP contribution in [-0.2, 0) is 9.53 Å². The van der Waals surface area contributed by atoms with Gasteiger partial charge in [-0.2, -0.15) is 4.98 Å². The van der Waals surface area contributed by atoms with E-state index in [9.17, 15) is 14.3 Å². The summed E-state index contributed by atoms with van der Waals surface area (Å²) in [6.07, 6.45) is 3.90. The van der Waals surface area contributed by atoms with Crippen LogP contribution in [0.4, 0.5) is 21.8 Å². The van der Waals surface area contributed by atoms with Gasteiger partial charge in [0.05, 0.1) is 24.3 Å². The van der Waals surface area contributed by atoms with Crippen LogP contribution in [0.2, 0.25) is 5.02 Å². The summed E-state index contributed by atoms with van der Waals surface area (Å²) >= 11 is 5.89. The third-order valence-electron chi connectivity index (χ3n) is 5.20. The molecule has 34 heavy (non-hydrogen) atoms. The summed E-state index contributed by atoms with van der Waals surface area (Å²) in [6.45, 7) is 1.29. The molecule has 0 amide bonds. The summed E-state index contributed by atoms with van der Waals surface area (Å²) in [6, 6.07) is 11.6. The highest BCUT2D eigenvalue weighted by atomic mass is 35.5. The maximum absolute atomic E-state index is 13.5. The van der Waals surface area contributed by atoms with Gasteiger partial charge in [-0.3, -0.25) is 0 Å². The number of hydrogen-bond acceptors (Lipinski definition) is 7. The fourth-order valence-electron chi connectivity index (χ4n) is 3.58. The normalized spacial score (nSPS) is 16.1. The van der Waals surface area contributed by atoms with E-state index in [1.165, 1.54) is 24.3 Å². The van der Waals surface area contributed by atoms with Gasteiger partial charge in [0.25, 0.3) is 0 Å². The van der Waals surface area contributed by atoms with Crippen molar-refractivity contribution in [2.75, 3.05) is 36.5 Å². The molecule has 1 aliphatic heterocycles. The lowest BCUT2D eigenvalue weighted by Crippen LogP contribution is -2.44. The molecule has 2 heterocycles. The number of ether oxygens (including phenoxy) is 1. The third-order valence-corrected chi connectivity index (χ3v) is 5.49. The van der Waals surface area contributed by atoms with Crippen molar-refractivity contribution in [2.45, 2.75) is 6.10 Å². The fourth-order valence-corrected chi connectivity index (χ4v) is 3.76. The Morgan fingerprint density at radius 1 is 1.32 bits per heavy atom. The lowest BCUT2D eigenvalue weighted by Gasteiger charge is -2.34. The molecular formula is C24H22ClFN4O4. The zero-order chi connectivity index (χ0) is 24.1. The van der Waals surface area contributed by atoms with E-state index in [-0.39, 0.29) is 23.7 Å². The molecule has 0 spiro atoms. The summed E-state index contributed by atoms with van der Waals surface area (Å²) in [7, 11) is 0. The van der Waals surface area contributed by atoms with Crippen molar-refractivity contribution in [2.24, 2.45) is 0 Å². The summed E-state index contributed by atoms with van der Waals surface area (Å²) in [5.74, 6) is -0.652. The maximum Gasteiger partial charge on any atom is 0.328 e. The number of halogens is 2. The van der Waals surface area contributed by atoms with Gasteiger partial charge >= 0.3 is 5.97 Å². The first-order valence-electron chi connectivity index (χ1n) is 10.5. The monoisotopic (exact) mass is 484 g/mol. The third kappa shape index (κ3) is 5.69. The topological polar surface area (TPSA) is 108 Å². The van der Waals surface area contributed by atoms with Crippen LogP contribution in [0.25, 0.3) is 17.2 Å². The second kappa shape index (κ2) is 10.6. The molecule has 3 aromatic rings. The number of carbonyl (C=O) groups is 1. The van der Waals surface area contributed by atoms with Crippen LogP contribution in [0, 0.1) is 5.82 Å². The van der Waals surface area contributed by atoms with E-state index in [0.29, 0.717) is 36.8 Å². The smallest absolute Gasteiger partial charge is 0.328 e. The second-order valence-electron chi connectivity index (χ2n) is 7.60. The van der Waals surface area contributed by atoms with Gasteiger partial charge in [-0.15, -0.1) is 0 Å². The molecule has 1 atom stereocenters. The molecule has 1 fully saturated rings. The number of aliphatic carboxylic acids is 1. The van der Waals surface area contributed by atoms with Gasteiger partial charge < -0.3 is 25.2 Å². The van der Waals surface area contributed by atoms with Crippen molar-refractivity contribution in [1.82, 2.24) is 9.97 Å². The zero-order valence-electron chi connectivity index (χ0n) is 18.0. The Bertz CT molecular complexity index is 1220. The number of aliphatic hydroxyl groups is 1. The Labute approximate surface area is 200 Å². The van der Waals surface area contributed by atoms with Gasteiger partial charge in [0.2, 0.25) is 5.95 Å². The molecule has 0 bridgehead atoms. The highest BCUT2D eigenvalue weighted by Gasteiger charge is 2.24. The molecule has 3 N–H and O–H groups in total. The number of rotatable bonds is 7. The summed E-state index contributed by atoms with van der Waals surface area (Å²) in [5, 5.41) is 21.5. The van der Waals surface area contributed by atoms with Gasteiger partial charge in [0.1, 0.15) is 11.6 Å². The first-order valence-corrected chi connectivity index (χ1v) is 10.9. The Balaban J connectivity index is 1.73. The molecule has 0 aliphatic carbocycles. The number of hydrogen-bond donors (Lipinski definition) is 3. The Morgan fingerprint density at radius 3 is 2.94 bits per heavy atom. The number of morpholine rings is 1. The van der Waals surface area contributed by atoms with Crippen molar-refractivity contribution in [1.29, 1.82) is 0 Å². The van der Waals surface area contributed by atoms with Gasteiger partial charge in [-0.25, -0.2) is 14.2 Å². The van der Waals surface area contributed by atoms with Crippen LogP contribution in [0.5, 0.6) is 0 Å². The molecule has 10 heteroatoms. The maximum atomic E-state index is 13.5. The number of benzene rings is 2. The number of aliphatic hydroxyl groups excluding tert-OH is 1. The van der Waals surface area contributed by atoms with E-state index in [0.717, 1.165) is 17.2 Å². The molecule has 1 aliphatic rings. The fraction of sp³-hybridized carbons (Fsp3) is 0.208. The Kier molecular flexibility index (Phi) is 7.36. The Hall–Kier alpha value is -3.53. The van der Waals surface area contributed by atoms with Crippen LogP contribution in [0.15, 0.2) is 54.7 Å². The lowest BCUT2D eigenvalue weighted by molar-refractivity contribution is -0.131. The van der Waals surface area contributed by atoms with Crippen LogP contribution in [-0.4, -0.2) is 58.6 Å². The van der Waals surface area contributed by atoms with Crippen LogP contribution in [0.3, 0.4) is 0 Å². The summed E-state index contributed by atoms with van der Waals surface area (Å²) < 4.78 is 19.1. The second-order valence-corrected chi connectivity index (χ2v) is 8.01. The van der Waals surface area contributed by atoms with Crippen molar-refractivity contribution < 1.29 is 24.1 Å². The molecule has 1 unspecified atom stereocenters. The first-order chi connectivity index (χ1) is 16.4. The minimum atomic E-state index is -1.03. The number of aromatic nitrogens is 2. The highest BCUT2D eigenvalue weighted by molar-refractivity contribution is 6.31. The van der Waals surface area contributed by atoms with Gasteiger partial charge in [-0.05, 0) is 41.5 Å². The van der Waals surface area contributed by atoms with E-state index < -0.39 is 11.8 Å². The van der Waals surface area contributed by atoms with Crippen molar-refractivity contribution in [3.8, 4) is 11.1 Å². The zero-order valence-corrected chi connectivity index (χ0v) is 18.7. The Morgan fingerprint density at radius 2 is 2.18 bits per heavy atom. The quantitative estimate of drug-likeness (QED) is 0.432. The minimum Gasteiger partial charge on any atom is -0.478 e. The first kappa shape index (κ1) is 23.6. The molecule has 8 nitrogen and oxygen atoms in total. The SMILES string of the molecule is O=C(O)C=Cc1cccc(-c2cnc(Nc3ccc(F)c(Cl)c3)nc2N2CCOC(CO)C2)c1. The largest absolute Gasteiger partial charge is 0.478 e. The van der Waals surface area contributed by atoms with Crippen molar-refractivity contribution in [3.05, 3.63) is 71.1 Å². The molecular weight excluding hydrogens is 463 g/mol. The molecule has 1 saturated heterocycles. The number of carboxylic acids is 1. The summed E-state index contributed by atoms with van der Waals surface area (Å²) in [5.41, 5.74) is 2.77. The van der Waals surface area contributed by atoms with Crippen LogP contribution < -0.4 is 10.2 Å². The predicted molar refractivity (Wildman–Crippen MR) is 128 cm³/mol. The van der Waals surface area contributed by atoms with E-state index in [1.54, 1.807) is 12.3 Å². The van der Waals surface area contributed by atoms with Crippen LogP contribution >= 0.6 is 11.6 Å². The molecule has 0 radical (unpaired) electrons. The minimum absolute atomic E-state index is 0.0213. The van der Waals surface area contributed by atoms with E-state index >= 15 is 0 Å². The van der Waals surface area contributed by atoms with E-state index in [1.807, 2.05) is 23.1 Å². The average Bonchev–Trinajstić information content (AvgIpc) is 2.85. The van der Waals surface area contributed by atoms with Crippen molar-refractivity contribution in [3.63, 3.8) is 0 Å². The number of nitrogens with one attached hydrogen (secondary N) is 1. The average molecular weight is 485 g/mol. The standard InChI is InChI=1S/C24H22ClFN4O4/c25-20-11-17(5-6-21(20)26)28-24-27-12-19(16-3-1-2-15(10-16)4-7-22(32)33)23(29-24)30-8-9-34-18(13-30)14-31/h1-7,10-12,18,31H,8-9,13-14H2,(H,32,33)(H,27,28,29). The number of anilines is 3. The molecule has 176 valence electrons. The van der Waals surface area contributed by atoms with Crippen LogP contribution in [0.1, 0.15) is 5.56 Å². The molecule has 4 rings (SSSR count). The summed E-state index contributed by atoms with van der Waals surface area (Å²) in [4.78, 5) is 22.0. The molecule has 2 aromatic carbocycles. The molecule has 0 saturated carbocycles. The van der Waals surface area contributed by atoms with Gasteiger partial charge in [0.15, 0.2) is 0 Å². The number of nitrogens with zero attached hydrogens (tertiary/aromatic N) is 3. The van der Waals surface area contributed by atoms with E-state index in [2.05, 4.69) is 10.3 Å². The molecule has 1 aromatic heterocycles. The predicted octanol–water partition coefficient (Wildman–Crippen LogP) is 3.98. The highest BCUT2D eigenvalue weighted by Crippen LogP contribution is 2.32. The van der Waals surface area contributed by atoms with Crippen molar-refractivity contribution >= 4 is 41.1 Å². The van der Waals surface area contributed by atoms with Gasteiger partial charge in [-0.1, -0.05) is 29.8 Å². The number of carboxylic acid groups (broad SMARTS) is 1. The van der Waals surface area contributed by atoms with E-state index in [4.69, 9.17) is 26.4 Å². The lowest BCUT2D eigenvalue weighted by atomic mass is 10.0. The van der Waals surface area contributed by atoms with Gasteiger partial charge in [0, 0.05) is 36.6 Å².